The van der Waals surface area contributed by atoms with Crippen LogP contribution in [0.4, 0.5) is 0 Å². The van der Waals surface area contributed by atoms with Gasteiger partial charge >= 0.3 is 0 Å². The second-order valence-electron chi connectivity index (χ2n) is 7.21. The molecule has 0 amide bonds. The first-order valence-corrected chi connectivity index (χ1v) is 8.93. The number of piperidine rings is 1. The first kappa shape index (κ1) is 13.8. The van der Waals surface area contributed by atoms with Crippen LogP contribution in [0, 0.1) is 0 Å². The molecule has 1 aromatic rings. The maximum atomic E-state index is 5.72. The van der Waals surface area contributed by atoms with E-state index in [1.807, 2.05) is 6.26 Å². The standard InChI is InChI=1S/C18H28N2O/c1-2-9-20(15-11-13-6-7-14(12-15)19-13)17-4-3-5-18-16(17)8-10-21-18/h8,10,13-15,17,19H,2-7,9,11-12H2,1H3. The molecule has 2 saturated heterocycles. The van der Waals surface area contributed by atoms with E-state index in [0.29, 0.717) is 6.04 Å². The van der Waals surface area contributed by atoms with Crippen molar-refractivity contribution >= 4 is 0 Å². The molecule has 2 aliphatic heterocycles. The van der Waals surface area contributed by atoms with Crippen LogP contribution in [0.15, 0.2) is 16.7 Å². The average Bonchev–Trinajstić information content (AvgIpc) is 3.11. The van der Waals surface area contributed by atoms with Gasteiger partial charge in [-0.3, -0.25) is 4.90 Å². The lowest BCUT2D eigenvalue weighted by atomic mass is 9.88. The fourth-order valence-corrected chi connectivity index (χ4v) is 4.96. The van der Waals surface area contributed by atoms with Crippen molar-refractivity contribution in [1.29, 1.82) is 0 Å². The molecular formula is C18H28N2O. The van der Waals surface area contributed by atoms with E-state index in [2.05, 4.69) is 23.2 Å². The number of nitrogens with one attached hydrogen (secondary N) is 1. The highest BCUT2D eigenvalue weighted by Gasteiger charge is 2.39. The molecule has 1 aromatic heterocycles. The van der Waals surface area contributed by atoms with E-state index in [0.717, 1.165) is 24.5 Å². The van der Waals surface area contributed by atoms with Gasteiger partial charge in [-0.15, -0.1) is 0 Å². The van der Waals surface area contributed by atoms with Crippen LogP contribution in [0.2, 0.25) is 0 Å². The largest absolute Gasteiger partial charge is 0.469 e. The molecule has 3 nitrogen and oxygen atoms in total. The van der Waals surface area contributed by atoms with Crippen LogP contribution >= 0.6 is 0 Å². The molecule has 3 aliphatic rings. The molecule has 116 valence electrons. The van der Waals surface area contributed by atoms with E-state index < -0.39 is 0 Å². The van der Waals surface area contributed by atoms with Crippen molar-refractivity contribution in [2.24, 2.45) is 0 Å². The number of hydrogen-bond acceptors (Lipinski definition) is 3. The predicted molar refractivity (Wildman–Crippen MR) is 84.4 cm³/mol. The molecule has 4 rings (SSSR count). The summed E-state index contributed by atoms with van der Waals surface area (Å²) in [6.45, 7) is 3.56. The second-order valence-corrected chi connectivity index (χ2v) is 7.21. The van der Waals surface area contributed by atoms with Gasteiger partial charge in [-0.05, 0) is 57.6 Å². The van der Waals surface area contributed by atoms with Crippen molar-refractivity contribution in [2.75, 3.05) is 6.54 Å². The zero-order valence-electron chi connectivity index (χ0n) is 13.2. The molecule has 0 spiro atoms. The summed E-state index contributed by atoms with van der Waals surface area (Å²) in [7, 11) is 0. The number of aryl methyl sites for hydroxylation is 1. The Balaban J connectivity index is 1.57. The Kier molecular flexibility index (Phi) is 3.80. The van der Waals surface area contributed by atoms with Crippen LogP contribution < -0.4 is 5.32 Å². The minimum absolute atomic E-state index is 0.606. The van der Waals surface area contributed by atoms with Crippen LogP contribution in [0.25, 0.3) is 0 Å². The van der Waals surface area contributed by atoms with Gasteiger partial charge in [0.2, 0.25) is 0 Å². The summed E-state index contributed by atoms with van der Waals surface area (Å²) in [6.07, 6.45) is 12.4. The minimum Gasteiger partial charge on any atom is -0.469 e. The summed E-state index contributed by atoms with van der Waals surface area (Å²) in [5, 5.41) is 3.79. The van der Waals surface area contributed by atoms with Crippen molar-refractivity contribution in [3.8, 4) is 0 Å². The van der Waals surface area contributed by atoms with Crippen molar-refractivity contribution in [3.05, 3.63) is 23.7 Å². The highest BCUT2D eigenvalue weighted by Crippen LogP contribution is 2.39. The van der Waals surface area contributed by atoms with Crippen LogP contribution in [-0.4, -0.2) is 29.6 Å². The molecule has 3 heterocycles. The first-order chi connectivity index (χ1) is 10.3. The van der Waals surface area contributed by atoms with Gasteiger partial charge in [-0.25, -0.2) is 0 Å². The van der Waals surface area contributed by atoms with Gasteiger partial charge in [0.15, 0.2) is 0 Å². The van der Waals surface area contributed by atoms with Crippen LogP contribution in [-0.2, 0) is 6.42 Å². The summed E-state index contributed by atoms with van der Waals surface area (Å²) in [5.41, 5.74) is 1.49. The molecule has 3 heteroatoms. The average molecular weight is 288 g/mol. The van der Waals surface area contributed by atoms with Crippen molar-refractivity contribution in [2.45, 2.75) is 82.5 Å². The van der Waals surface area contributed by atoms with E-state index in [9.17, 15) is 0 Å². The molecular weight excluding hydrogens is 260 g/mol. The van der Waals surface area contributed by atoms with Gasteiger partial charge in [-0.1, -0.05) is 6.92 Å². The molecule has 2 fully saturated rings. The van der Waals surface area contributed by atoms with Gasteiger partial charge in [0.25, 0.3) is 0 Å². The van der Waals surface area contributed by atoms with Gasteiger partial charge in [0.1, 0.15) is 5.76 Å². The van der Waals surface area contributed by atoms with E-state index in [4.69, 9.17) is 4.42 Å². The number of rotatable bonds is 4. The van der Waals surface area contributed by atoms with Crippen molar-refractivity contribution in [1.82, 2.24) is 10.2 Å². The van der Waals surface area contributed by atoms with E-state index in [1.54, 1.807) is 0 Å². The molecule has 1 aliphatic carbocycles. The topological polar surface area (TPSA) is 28.4 Å². The fourth-order valence-electron chi connectivity index (χ4n) is 4.96. The number of nitrogens with zero attached hydrogens (tertiary/aromatic N) is 1. The van der Waals surface area contributed by atoms with Gasteiger partial charge in [-0.2, -0.15) is 0 Å². The molecule has 3 unspecified atom stereocenters. The summed E-state index contributed by atoms with van der Waals surface area (Å²) >= 11 is 0. The van der Waals surface area contributed by atoms with E-state index in [1.165, 1.54) is 62.8 Å². The number of furan rings is 1. The predicted octanol–water partition coefficient (Wildman–Crippen LogP) is 3.65. The van der Waals surface area contributed by atoms with E-state index in [-0.39, 0.29) is 0 Å². The molecule has 0 radical (unpaired) electrons. The Morgan fingerprint density at radius 2 is 2.05 bits per heavy atom. The molecule has 0 saturated carbocycles. The third kappa shape index (κ3) is 2.55. The zero-order valence-corrected chi connectivity index (χ0v) is 13.2. The lowest BCUT2D eigenvalue weighted by Gasteiger charge is -2.43. The highest BCUT2D eigenvalue weighted by molar-refractivity contribution is 5.24. The zero-order chi connectivity index (χ0) is 14.2. The summed E-state index contributed by atoms with van der Waals surface area (Å²) < 4.78 is 5.72. The SMILES string of the molecule is CCCN(C1CC2CCC(C1)N2)C1CCCc2occc21. The number of hydrogen-bond donors (Lipinski definition) is 1. The lowest BCUT2D eigenvalue weighted by molar-refractivity contribution is 0.0822. The Hall–Kier alpha value is -0.800. The normalized spacial score (nSPS) is 35.1. The summed E-state index contributed by atoms with van der Waals surface area (Å²) in [6, 6.07) is 5.17. The van der Waals surface area contributed by atoms with Crippen LogP contribution in [0.5, 0.6) is 0 Å². The third-order valence-electron chi connectivity index (χ3n) is 5.82. The van der Waals surface area contributed by atoms with E-state index >= 15 is 0 Å². The van der Waals surface area contributed by atoms with Crippen molar-refractivity contribution < 1.29 is 4.42 Å². The quantitative estimate of drug-likeness (QED) is 0.916. The van der Waals surface area contributed by atoms with Crippen LogP contribution in [0.3, 0.4) is 0 Å². The third-order valence-corrected chi connectivity index (χ3v) is 5.82. The Morgan fingerprint density at radius 3 is 2.81 bits per heavy atom. The summed E-state index contributed by atoms with van der Waals surface area (Å²) in [5.74, 6) is 1.25. The smallest absolute Gasteiger partial charge is 0.108 e. The monoisotopic (exact) mass is 288 g/mol. The maximum absolute atomic E-state index is 5.72. The maximum Gasteiger partial charge on any atom is 0.108 e. The molecule has 2 bridgehead atoms. The summed E-state index contributed by atoms with van der Waals surface area (Å²) in [4.78, 5) is 2.83. The Labute approximate surface area is 128 Å². The van der Waals surface area contributed by atoms with Crippen LogP contribution in [0.1, 0.15) is 69.2 Å². The molecule has 3 atom stereocenters. The van der Waals surface area contributed by atoms with Gasteiger partial charge in [0, 0.05) is 36.2 Å². The minimum atomic E-state index is 0.606. The first-order valence-electron chi connectivity index (χ1n) is 8.93. The molecule has 21 heavy (non-hydrogen) atoms. The number of fused-ring (bicyclic) bond motifs is 3. The Morgan fingerprint density at radius 1 is 1.24 bits per heavy atom. The highest BCUT2D eigenvalue weighted by atomic mass is 16.3. The van der Waals surface area contributed by atoms with Crippen molar-refractivity contribution in [3.63, 3.8) is 0 Å². The Bertz CT molecular complexity index is 471. The van der Waals surface area contributed by atoms with Gasteiger partial charge < -0.3 is 9.73 Å². The second kappa shape index (κ2) is 5.77. The fraction of sp³-hybridized carbons (Fsp3) is 0.778. The lowest BCUT2D eigenvalue weighted by Crippen LogP contribution is -2.49. The molecule has 0 aromatic carbocycles. The molecule has 1 N–H and O–H groups in total. The van der Waals surface area contributed by atoms with Gasteiger partial charge in [0.05, 0.1) is 6.26 Å².